The lowest BCUT2D eigenvalue weighted by atomic mass is 10.1. The number of amides is 1. The van der Waals surface area contributed by atoms with Gasteiger partial charge in [-0.15, -0.1) is 6.58 Å². The largest absolute Gasteiger partial charge is 0.478 e. The molecule has 0 saturated carbocycles. The molecule has 5 nitrogen and oxygen atoms in total. The molecule has 1 heterocycles. The van der Waals surface area contributed by atoms with Gasteiger partial charge in [0.2, 0.25) is 0 Å². The number of nitrogens with one attached hydrogen (secondary N) is 1. The van der Waals surface area contributed by atoms with E-state index in [0.717, 1.165) is 10.9 Å². The summed E-state index contributed by atoms with van der Waals surface area (Å²) in [5.41, 5.74) is 2.25. The Morgan fingerprint density at radius 1 is 1.12 bits per heavy atom. The Kier molecular flexibility index (Phi) is 4.16. The van der Waals surface area contributed by atoms with Crippen LogP contribution < -0.4 is 5.32 Å². The molecule has 2 N–H and O–H groups in total. The van der Waals surface area contributed by atoms with Crippen LogP contribution in [0.1, 0.15) is 20.7 Å². The fourth-order valence-corrected chi connectivity index (χ4v) is 2.61. The zero-order valence-corrected chi connectivity index (χ0v) is 12.9. The molecule has 0 atom stereocenters. The average Bonchev–Trinajstić information content (AvgIpc) is 2.95. The predicted octanol–water partition coefficient (Wildman–Crippen LogP) is 3.78. The summed E-state index contributed by atoms with van der Waals surface area (Å²) < 4.78 is 1.96. The molecule has 0 radical (unpaired) electrons. The topological polar surface area (TPSA) is 71.3 Å². The molecule has 2 aromatic carbocycles. The van der Waals surface area contributed by atoms with Gasteiger partial charge < -0.3 is 15.0 Å². The van der Waals surface area contributed by atoms with Crippen molar-refractivity contribution in [2.75, 3.05) is 5.32 Å². The highest BCUT2D eigenvalue weighted by atomic mass is 16.4. The number of rotatable bonds is 5. The van der Waals surface area contributed by atoms with Gasteiger partial charge in [0.15, 0.2) is 0 Å². The van der Waals surface area contributed by atoms with Gasteiger partial charge in [0.1, 0.15) is 0 Å². The Labute approximate surface area is 138 Å². The van der Waals surface area contributed by atoms with E-state index in [2.05, 4.69) is 11.9 Å². The Morgan fingerprint density at radius 3 is 2.50 bits per heavy atom. The van der Waals surface area contributed by atoms with Crippen molar-refractivity contribution >= 4 is 28.5 Å². The molecular formula is C19H16N2O3. The third-order valence-corrected chi connectivity index (χ3v) is 3.75. The normalized spacial score (nSPS) is 10.5. The van der Waals surface area contributed by atoms with Crippen molar-refractivity contribution in [1.29, 1.82) is 0 Å². The lowest BCUT2D eigenvalue weighted by molar-refractivity contribution is 0.0696. The number of aromatic carboxylic acids is 1. The molecule has 24 heavy (non-hydrogen) atoms. The van der Waals surface area contributed by atoms with Crippen LogP contribution >= 0.6 is 0 Å². The fraction of sp³-hybridized carbons (Fsp3) is 0.0526. The van der Waals surface area contributed by atoms with E-state index >= 15 is 0 Å². The van der Waals surface area contributed by atoms with Crippen LogP contribution in [0, 0.1) is 0 Å². The number of allylic oxidation sites excluding steroid dienone is 1. The van der Waals surface area contributed by atoms with Gasteiger partial charge in [-0.3, -0.25) is 4.79 Å². The highest BCUT2D eigenvalue weighted by Gasteiger charge is 2.14. The summed E-state index contributed by atoms with van der Waals surface area (Å²) in [7, 11) is 0. The number of carbonyl (C=O) groups excluding carboxylic acids is 1. The molecule has 0 spiro atoms. The number of carboxylic acids is 1. The second kappa shape index (κ2) is 6.42. The molecule has 120 valence electrons. The zero-order chi connectivity index (χ0) is 17.1. The van der Waals surface area contributed by atoms with E-state index in [-0.39, 0.29) is 11.5 Å². The standard InChI is InChI=1S/C19H16N2O3/c1-2-11-21-12-16(15-5-3-4-6-17(15)21)18(22)20-14-9-7-13(8-10-14)19(23)24/h2-10,12H,1,11H2,(H,20,22)(H,23,24). The second-order valence-corrected chi connectivity index (χ2v) is 5.34. The fourth-order valence-electron chi connectivity index (χ4n) is 2.61. The monoisotopic (exact) mass is 320 g/mol. The van der Waals surface area contributed by atoms with Crippen LogP contribution in [0.15, 0.2) is 67.4 Å². The van der Waals surface area contributed by atoms with E-state index in [1.165, 1.54) is 12.1 Å². The van der Waals surface area contributed by atoms with Crippen LogP contribution in [0.4, 0.5) is 5.69 Å². The number of hydrogen-bond donors (Lipinski definition) is 2. The lowest BCUT2D eigenvalue weighted by Gasteiger charge is -2.04. The van der Waals surface area contributed by atoms with Gasteiger partial charge in [0.05, 0.1) is 11.1 Å². The quantitative estimate of drug-likeness (QED) is 0.703. The van der Waals surface area contributed by atoms with E-state index in [1.807, 2.05) is 28.8 Å². The predicted molar refractivity (Wildman–Crippen MR) is 93.5 cm³/mol. The van der Waals surface area contributed by atoms with Gasteiger partial charge in [0, 0.05) is 29.3 Å². The van der Waals surface area contributed by atoms with Crippen molar-refractivity contribution in [3.05, 3.63) is 78.5 Å². The van der Waals surface area contributed by atoms with E-state index in [1.54, 1.807) is 24.4 Å². The number of fused-ring (bicyclic) bond motifs is 1. The van der Waals surface area contributed by atoms with Crippen molar-refractivity contribution in [1.82, 2.24) is 4.57 Å². The number of benzene rings is 2. The second-order valence-electron chi connectivity index (χ2n) is 5.34. The van der Waals surface area contributed by atoms with Crippen LogP contribution in [0.2, 0.25) is 0 Å². The maximum absolute atomic E-state index is 12.6. The minimum atomic E-state index is -1.000. The minimum absolute atomic E-state index is 0.176. The maximum Gasteiger partial charge on any atom is 0.335 e. The van der Waals surface area contributed by atoms with Gasteiger partial charge in [0.25, 0.3) is 5.91 Å². The van der Waals surface area contributed by atoms with Gasteiger partial charge >= 0.3 is 5.97 Å². The number of aromatic nitrogens is 1. The number of nitrogens with zero attached hydrogens (tertiary/aromatic N) is 1. The van der Waals surface area contributed by atoms with Crippen molar-refractivity contribution < 1.29 is 14.7 Å². The van der Waals surface area contributed by atoms with Crippen molar-refractivity contribution in [3.63, 3.8) is 0 Å². The zero-order valence-electron chi connectivity index (χ0n) is 12.9. The Morgan fingerprint density at radius 2 is 1.83 bits per heavy atom. The van der Waals surface area contributed by atoms with E-state index in [0.29, 0.717) is 17.8 Å². The van der Waals surface area contributed by atoms with Gasteiger partial charge in [-0.05, 0) is 30.3 Å². The highest BCUT2D eigenvalue weighted by Crippen LogP contribution is 2.22. The van der Waals surface area contributed by atoms with Gasteiger partial charge in [-0.2, -0.15) is 0 Å². The summed E-state index contributed by atoms with van der Waals surface area (Å²) >= 11 is 0. The summed E-state index contributed by atoms with van der Waals surface area (Å²) in [6, 6.07) is 13.7. The molecule has 0 aliphatic rings. The number of carbonyl (C=O) groups is 2. The molecular weight excluding hydrogens is 304 g/mol. The van der Waals surface area contributed by atoms with E-state index < -0.39 is 5.97 Å². The molecule has 1 amide bonds. The first-order valence-electron chi connectivity index (χ1n) is 7.43. The SMILES string of the molecule is C=CCn1cc(C(=O)Nc2ccc(C(=O)O)cc2)c2ccccc21. The summed E-state index contributed by atoms with van der Waals surface area (Å²) in [6.45, 7) is 4.35. The average molecular weight is 320 g/mol. The third kappa shape index (κ3) is 2.92. The Hall–Kier alpha value is -3.34. The molecule has 0 bridgehead atoms. The molecule has 0 saturated heterocycles. The molecule has 0 aliphatic heterocycles. The first-order valence-corrected chi connectivity index (χ1v) is 7.43. The van der Waals surface area contributed by atoms with Crippen LogP contribution in [0.5, 0.6) is 0 Å². The maximum atomic E-state index is 12.6. The Balaban J connectivity index is 1.91. The van der Waals surface area contributed by atoms with Crippen molar-refractivity contribution in [3.8, 4) is 0 Å². The number of para-hydroxylation sites is 1. The first kappa shape index (κ1) is 15.6. The molecule has 5 heteroatoms. The van der Waals surface area contributed by atoms with Gasteiger partial charge in [-0.25, -0.2) is 4.79 Å². The van der Waals surface area contributed by atoms with Crippen LogP contribution in [-0.4, -0.2) is 21.6 Å². The van der Waals surface area contributed by atoms with E-state index in [4.69, 9.17) is 5.11 Å². The summed E-state index contributed by atoms with van der Waals surface area (Å²) in [5.74, 6) is -1.24. The van der Waals surface area contributed by atoms with Crippen molar-refractivity contribution in [2.45, 2.75) is 6.54 Å². The smallest absolute Gasteiger partial charge is 0.335 e. The van der Waals surface area contributed by atoms with Crippen LogP contribution in [0.3, 0.4) is 0 Å². The number of anilines is 1. The molecule has 1 aromatic heterocycles. The summed E-state index contributed by atoms with van der Waals surface area (Å²) in [5, 5.41) is 12.6. The molecule has 3 aromatic rings. The number of hydrogen-bond acceptors (Lipinski definition) is 2. The van der Waals surface area contributed by atoms with Gasteiger partial charge in [-0.1, -0.05) is 24.3 Å². The molecule has 0 unspecified atom stereocenters. The Bertz CT molecular complexity index is 923. The highest BCUT2D eigenvalue weighted by molar-refractivity contribution is 6.13. The lowest BCUT2D eigenvalue weighted by Crippen LogP contribution is -2.11. The molecule has 3 rings (SSSR count). The summed E-state index contributed by atoms with van der Waals surface area (Å²) in [4.78, 5) is 23.5. The van der Waals surface area contributed by atoms with E-state index in [9.17, 15) is 9.59 Å². The third-order valence-electron chi connectivity index (χ3n) is 3.75. The first-order chi connectivity index (χ1) is 11.6. The van der Waals surface area contributed by atoms with Crippen LogP contribution in [-0.2, 0) is 6.54 Å². The minimum Gasteiger partial charge on any atom is -0.478 e. The number of carboxylic acid groups (broad SMARTS) is 1. The summed E-state index contributed by atoms with van der Waals surface area (Å²) in [6.07, 6.45) is 3.58. The molecule has 0 aliphatic carbocycles. The molecule has 0 fully saturated rings. The van der Waals surface area contributed by atoms with Crippen molar-refractivity contribution in [2.24, 2.45) is 0 Å². The van der Waals surface area contributed by atoms with Crippen LogP contribution in [0.25, 0.3) is 10.9 Å².